The van der Waals surface area contributed by atoms with Crippen molar-refractivity contribution in [1.29, 1.82) is 0 Å². The van der Waals surface area contributed by atoms with E-state index in [1.165, 1.54) is 17.3 Å². The number of amides is 1. The van der Waals surface area contributed by atoms with E-state index in [2.05, 4.69) is 34.6 Å². The molecule has 2 aromatic heterocycles. The van der Waals surface area contributed by atoms with E-state index < -0.39 is 0 Å². The quantitative estimate of drug-likeness (QED) is 0.625. The Morgan fingerprint density at radius 2 is 1.96 bits per heavy atom. The average Bonchev–Trinajstić information content (AvgIpc) is 3.30. The summed E-state index contributed by atoms with van der Waals surface area (Å²) in [5, 5.41) is 14.1. The zero-order valence-corrected chi connectivity index (χ0v) is 16.7. The summed E-state index contributed by atoms with van der Waals surface area (Å²) in [7, 11) is 1.93. The first-order valence-electron chi connectivity index (χ1n) is 8.49. The molecule has 0 saturated carbocycles. The number of carbonyl (C=O) groups excluding carboxylic acids is 1. The summed E-state index contributed by atoms with van der Waals surface area (Å²) < 4.78 is 1.94. The molecule has 0 saturated heterocycles. The SMILES string of the molecule is CC(Sc1nnc(-c2cccs2)n1C)C(=O)NCC(C)c1ccccc1. The van der Waals surface area contributed by atoms with Gasteiger partial charge in [-0.3, -0.25) is 4.79 Å². The Kier molecular flexibility index (Phi) is 6.11. The lowest BCUT2D eigenvalue weighted by Crippen LogP contribution is -2.33. The van der Waals surface area contributed by atoms with Crippen LogP contribution in [0.25, 0.3) is 10.7 Å². The molecule has 136 valence electrons. The molecule has 0 aliphatic rings. The van der Waals surface area contributed by atoms with E-state index in [0.29, 0.717) is 6.54 Å². The minimum absolute atomic E-state index is 0.0125. The molecule has 2 unspecified atom stereocenters. The van der Waals surface area contributed by atoms with Crippen molar-refractivity contribution in [2.75, 3.05) is 6.54 Å². The predicted molar refractivity (Wildman–Crippen MR) is 108 cm³/mol. The third kappa shape index (κ3) is 4.34. The van der Waals surface area contributed by atoms with Gasteiger partial charge in [0.05, 0.1) is 10.1 Å². The number of benzene rings is 1. The van der Waals surface area contributed by atoms with Gasteiger partial charge in [-0.1, -0.05) is 55.1 Å². The van der Waals surface area contributed by atoms with Crippen LogP contribution in [-0.2, 0) is 11.8 Å². The third-order valence-corrected chi connectivity index (χ3v) is 6.18. The van der Waals surface area contributed by atoms with Crippen LogP contribution < -0.4 is 5.32 Å². The smallest absolute Gasteiger partial charge is 0.233 e. The number of nitrogens with one attached hydrogen (secondary N) is 1. The lowest BCUT2D eigenvalue weighted by Gasteiger charge is -2.15. The minimum Gasteiger partial charge on any atom is -0.355 e. The van der Waals surface area contributed by atoms with Crippen LogP contribution >= 0.6 is 23.1 Å². The Labute approximate surface area is 161 Å². The maximum absolute atomic E-state index is 12.4. The highest BCUT2D eigenvalue weighted by Gasteiger charge is 2.20. The maximum atomic E-state index is 12.4. The number of aromatic nitrogens is 3. The van der Waals surface area contributed by atoms with Crippen LogP contribution in [0.15, 0.2) is 53.0 Å². The van der Waals surface area contributed by atoms with Crippen LogP contribution in [0.5, 0.6) is 0 Å². The Bertz CT molecular complexity index is 846. The van der Waals surface area contributed by atoms with Gasteiger partial charge in [0.1, 0.15) is 0 Å². The first-order chi connectivity index (χ1) is 12.6. The van der Waals surface area contributed by atoms with Crippen molar-refractivity contribution in [1.82, 2.24) is 20.1 Å². The number of hydrogen-bond donors (Lipinski definition) is 1. The zero-order chi connectivity index (χ0) is 18.5. The molecule has 1 N–H and O–H groups in total. The van der Waals surface area contributed by atoms with E-state index in [-0.39, 0.29) is 17.1 Å². The van der Waals surface area contributed by atoms with E-state index in [4.69, 9.17) is 0 Å². The molecule has 7 heteroatoms. The van der Waals surface area contributed by atoms with Gasteiger partial charge in [-0.25, -0.2) is 0 Å². The van der Waals surface area contributed by atoms with Crippen molar-refractivity contribution in [3.63, 3.8) is 0 Å². The summed E-state index contributed by atoms with van der Waals surface area (Å²) >= 11 is 3.05. The molecular formula is C19H22N4OS2. The van der Waals surface area contributed by atoms with Gasteiger partial charge in [0.15, 0.2) is 11.0 Å². The van der Waals surface area contributed by atoms with Crippen molar-refractivity contribution < 1.29 is 4.79 Å². The summed E-state index contributed by atoms with van der Waals surface area (Å²) in [6, 6.07) is 14.2. The monoisotopic (exact) mass is 386 g/mol. The summed E-state index contributed by atoms with van der Waals surface area (Å²) in [5.41, 5.74) is 1.22. The van der Waals surface area contributed by atoms with E-state index in [0.717, 1.165) is 15.9 Å². The van der Waals surface area contributed by atoms with Crippen LogP contribution in [0, 0.1) is 0 Å². The fourth-order valence-electron chi connectivity index (χ4n) is 2.55. The largest absolute Gasteiger partial charge is 0.355 e. The molecule has 3 aromatic rings. The van der Waals surface area contributed by atoms with E-state index in [1.54, 1.807) is 11.3 Å². The number of thiophene rings is 1. The first-order valence-corrected chi connectivity index (χ1v) is 10.2. The molecule has 2 atom stereocenters. The fraction of sp³-hybridized carbons (Fsp3) is 0.316. The van der Waals surface area contributed by atoms with Crippen molar-refractivity contribution in [3.05, 3.63) is 53.4 Å². The van der Waals surface area contributed by atoms with Crippen molar-refractivity contribution >= 4 is 29.0 Å². The van der Waals surface area contributed by atoms with Crippen LogP contribution in [0.2, 0.25) is 0 Å². The van der Waals surface area contributed by atoms with Gasteiger partial charge in [0.25, 0.3) is 0 Å². The van der Waals surface area contributed by atoms with E-state index >= 15 is 0 Å². The molecule has 26 heavy (non-hydrogen) atoms. The van der Waals surface area contributed by atoms with Crippen LogP contribution in [0.4, 0.5) is 0 Å². The predicted octanol–water partition coefficient (Wildman–Crippen LogP) is 3.94. The molecule has 0 spiro atoms. The molecule has 1 amide bonds. The summed E-state index contributed by atoms with van der Waals surface area (Å²) in [6.07, 6.45) is 0. The second-order valence-corrected chi connectivity index (χ2v) is 8.42. The number of nitrogens with zero attached hydrogens (tertiary/aromatic N) is 3. The van der Waals surface area contributed by atoms with Crippen molar-refractivity contribution in [3.8, 4) is 10.7 Å². The Balaban J connectivity index is 1.56. The van der Waals surface area contributed by atoms with E-state index in [1.807, 2.05) is 54.3 Å². The molecule has 0 radical (unpaired) electrons. The highest BCUT2D eigenvalue weighted by molar-refractivity contribution is 8.00. The normalized spacial score (nSPS) is 13.3. The van der Waals surface area contributed by atoms with Gasteiger partial charge >= 0.3 is 0 Å². The lowest BCUT2D eigenvalue weighted by molar-refractivity contribution is -0.120. The minimum atomic E-state index is -0.239. The molecule has 3 rings (SSSR count). The number of carbonyl (C=O) groups is 1. The Morgan fingerprint density at radius 1 is 1.19 bits per heavy atom. The van der Waals surface area contributed by atoms with Gasteiger partial charge in [-0.15, -0.1) is 21.5 Å². The second kappa shape index (κ2) is 8.51. The van der Waals surface area contributed by atoms with Gasteiger partial charge in [0.2, 0.25) is 5.91 Å². The first kappa shape index (κ1) is 18.7. The highest BCUT2D eigenvalue weighted by Crippen LogP contribution is 2.28. The molecule has 0 aliphatic carbocycles. The second-order valence-electron chi connectivity index (χ2n) is 6.16. The molecule has 2 heterocycles. The van der Waals surface area contributed by atoms with Gasteiger partial charge in [0, 0.05) is 13.6 Å². The van der Waals surface area contributed by atoms with Crippen molar-refractivity contribution in [2.45, 2.75) is 30.2 Å². The van der Waals surface area contributed by atoms with Gasteiger partial charge in [-0.2, -0.15) is 0 Å². The van der Waals surface area contributed by atoms with Crippen LogP contribution in [0.1, 0.15) is 25.3 Å². The molecular weight excluding hydrogens is 364 g/mol. The molecule has 0 bridgehead atoms. The zero-order valence-electron chi connectivity index (χ0n) is 15.0. The van der Waals surface area contributed by atoms with E-state index in [9.17, 15) is 4.79 Å². The summed E-state index contributed by atoms with van der Waals surface area (Å²) in [6.45, 7) is 4.63. The standard InChI is InChI=1S/C19H22N4OS2/c1-13(15-8-5-4-6-9-15)12-20-18(24)14(2)26-19-22-21-17(23(19)3)16-10-7-11-25-16/h4-11,13-14H,12H2,1-3H3,(H,20,24). The van der Waals surface area contributed by atoms with Crippen LogP contribution in [0.3, 0.4) is 0 Å². The van der Waals surface area contributed by atoms with Crippen molar-refractivity contribution in [2.24, 2.45) is 7.05 Å². The maximum Gasteiger partial charge on any atom is 0.233 e. The summed E-state index contributed by atoms with van der Waals surface area (Å²) in [5.74, 6) is 1.11. The highest BCUT2D eigenvalue weighted by atomic mass is 32.2. The lowest BCUT2D eigenvalue weighted by atomic mass is 10.0. The fourth-order valence-corrected chi connectivity index (χ4v) is 4.13. The van der Waals surface area contributed by atoms with Gasteiger partial charge in [-0.05, 0) is 29.9 Å². The Morgan fingerprint density at radius 3 is 2.65 bits per heavy atom. The average molecular weight is 387 g/mol. The number of thioether (sulfide) groups is 1. The third-order valence-electron chi connectivity index (χ3n) is 4.18. The summed E-state index contributed by atoms with van der Waals surface area (Å²) in [4.78, 5) is 13.5. The molecule has 5 nitrogen and oxygen atoms in total. The van der Waals surface area contributed by atoms with Gasteiger partial charge < -0.3 is 9.88 Å². The molecule has 0 fully saturated rings. The number of hydrogen-bond acceptors (Lipinski definition) is 5. The molecule has 1 aromatic carbocycles. The van der Waals surface area contributed by atoms with Crippen LogP contribution in [-0.4, -0.2) is 32.5 Å². The topological polar surface area (TPSA) is 59.8 Å². The number of rotatable bonds is 7. The Hall–Kier alpha value is -2.12. The molecule has 0 aliphatic heterocycles.